The minimum atomic E-state index is -0.853. The summed E-state index contributed by atoms with van der Waals surface area (Å²) in [6, 6.07) is 4.98. The fourth-order valence-electron chi connectivity index (χ4n) is 2.88. The number of carbonyl (C=O) groups excluding carboxylic acids is 2. The molecule has 0 aromatic heterocycles. The topological polar surface area (TPSA) is 65.1 Å². The van der Waals surface area contributed by atoms with Crippen LogP contribution in [0.25, 0.3) is 0 Å². The number of rotatable bonds is 5. The van der Waals surface area contributed by atoms with Crippen molar-refractivity contribution in [3.8, 4) is 11.5 Å². The molecule has 0 N–H and O–H groups in total. The standard InChI is InChI=1S/C19H27NO5/c1-12(2)20(13(3)4)18(21)14(5)25-19(22)15-7-8-16-17(11-15)24-10-6-9-23-16/h7-8,11-14H,6,9-10H2,1-5H3. The van der Waals surface area contributed by atoms with Crippen molar-refractivity contribution in [2.45, 2.75) is 59.2 Å². The van der Waals surface area contributed by atoms with Gasteiger partial charge in [0.15, 0.2) is 17.6 Å². The lowest BCUT2D eigenvalue weighted by Crippen LogP contribution is -2.47. The summed E-state index contributed by atoms with van der Waals surface area (Å²) >= 11 is 0. The van der Waals surface area contributed by atoms with Gasteiger partial charge in [0.05, 0.1) is 18.8 Å². The van der Waals surface area contributed by atoms with Gasteiger partial charge in [0.1, 0.15) is 0 Å². The Bertz CT molecular complexity index is 618. The number of hydrogen-bond acceptors (Lipinski definition) is 5. The van der Waals surface area contributed by atoms with Crippen LogP contribution >= 0.6 is 0 Å². The van der Waals surface area contributed by atoms with Crippen LogP contribution in [0.1, 0.15) is 51.4 Å². The van der Waals surface area contributed by atoms with Gasteiger partial charge in [-0.2, -0.15) is 0 Å². The molecule has 0 saturated carbocycles. The second-order valence-electron chi connectivity index (χ2n) is 6.69. The maximum atomic E-state index is 12.6. The summed E-state index contributed by atoms with van der Waals surface area (Å²) < 4.78 is 16.5. The summed E-state index contributed by atoms with van der Waals surface area (Å²) in [5.41, 5.74) is 0.338. The van der Waals surface area contributed by atoms with E-state index < -0.39 is 12.1 Å². The Balaban J connectivity index is 2.08. The van der Waals surface area contributed by atoms with Gasteiger partial charge in [0.25, 0.3) is 5.91 Å². The first-order valence-corrected chi connectivity index (χ1v) is 8.74. The van der Waals surface area contributed by atoms with Crippen LogP contribution in [0.3, 0.4) is 0 Å². The van der Waals surface area contributed by atoms with E-state index in [0.29, 0.717) is 30.3 Å². The van der Waals surface area contributed by atoms with Crippen LogP contribution in [-0.4, -0.2) is 48.2 Å². The first-order valence-electron chi connectivity index (χ1n) is 8.74. The number of carbonyl (C=O) groups is 2. The quantitative estimate of drug-likeness (QED) is 0.765. The van der Waals surface area contributed by atoms with E-state index in [9.17, 15) is 9.59 Å². The molecule has 2 rings (SSSR count). The van der Waals surface area contributed by atoms with Crippen molar-refractivity contribution in [1.29, 1.82) is 0 Å². The van der Waals surface area contributed by atoms with Crippen molar-refractivity contribution in [2.75, 3.05) is 13.2 Å². The summed E-state index contributed by atoms with van der Waals surface area (Å²) in [4.78, 5) is 26.7. The van der Waals surface area contributed by atoms with Crippen LogP contribution in [-0.2, 0) is 9.53 Å². The van der Waals surface area contributed by atoms with Crippen LogP contribution in [0, 0.1) is 0 Å². The average molecular weight is 349 g/mol. The molecule has 1 heterocycles. The lowest BCUT2D eigenvalue weighted by molar-refractivity contribution is -0.143. The van der Waals surface area contributed by atoms with Crippen LogP contribution in [0.5, 0.6) is 11.5 Å². The molecule has 0 saturated heterocycles. The highest BCUT2D eigenvalue weighted by atomic mass is 16.5. The van der Waals surface area contributed by atoms with Crippen molar-refractivity contribution in [3.63, 3.8) is 0 Å². The lowest BCUT2D eigenvalue weighted by atomic mass is 10.2. The fraction of sp³-hybridized carbons (Fsp3) is 0.579. The summed E-state index contributed by atoms with van der Waals surface area (Å²) in [5.74, 6) is 0.387. The second kappa shape index (κ2) is 8.23. The molecule has 25 heavy (non-hydrogen) atoms. The van der Waals surface area contributed by atoms with Crippen molar-refractivity contribution in [3.05, 3.63) is 23.8 Å². The number of amides is 1. The average Bonchev–Trinajstić information content (AvgIpc) is 2.78. The molecule has 0 bridgehead atoms. The predicted molar refractivity (Wildman–Crippen MR) is 94.0 cm³/mol. The zero-order valence-electron chi connectivity index (χ0n) is 15.6. The smallest absolute Gasteiger partial charge is 0.339 e. The Morgan fingerprint density at radius 3 is 2.20 bits per heavy atom. The molecule has 6 nitrogen and oxygen atoms in total. The van der Waals surface area contributed by atoms with Gasteiger partial charge in [-0.05, 0) is 52.8 Å². The van der Waals surface area contributed by atoms with Crippen LogP contribution in [0.2, 0.25) is 0 Å². The van der Waals surface area contributed by atoms with Crippen LogP contribution in [0.15, 0.2) is 18.2 Å². The van der Waals surface area contributed by atoms with Crippen molar-refractivity contribution < 1.29 is 23.8 Å². The van der Waals surface area contributed by atoms with E-state index in [1.54, 1.807) is 30.0 Å². The molecule has 0 fully saturated rings. The molecule has 138 valence electrons. The molecule has 1 atom stereocenters. The minimum Gasteiger partial charge on any atom is -0.490 e. The zero-order valence-corrected chi connectivity index (χ0v) is 15.6. The molecule has 1 aromatic carbocycles. The molecular formula is C19H27NO5. The first kappa shape index (κ1) is 19.1. The molecule has 6 heteroatoms. The van der Waals surface area contributed by atoms with E-state index in [4.69, 9.17) is 14.2 Å². The van der Waals surface area contributed by atoms with E-state index in [2.05, 4.69) is 0 Å². The van der Waals surface area contributed by atoms with Crippen molar-refractivity contribution in [1.82, 2.24) is 4.90 Å². The lowest BCUT2D eigenvalue weighted by Gasteiger charge is -2.32. The number of hydrogen-bond donors (Lipinski definition) is 0. The first-order chi connectivity index (χ1) is 11.8. The maximum Gasteiger partial charge on any atom is 0.339 e. The summed E-state index contributed by atoms with van der Waals surface area (Å²) in [6.07, 6.45) is -0.0615. The van der Waals surface area contributed by atoms with E-state index >= 15 is 0 Å². The van der Waals surface area contributed by atoms with Gasteiger partial charge in [-0.1, -0.05) is 0 Å². The second-order valence-corrected chi connectivity index (χ2v) is 6.69. The highest BCUT2D eigenvalue weighted by Gasteiger charge is 2.28. The number of fused-ring (bicyclic) bond motifs is 1. The number of ether oxygens (including phenoxy) is 3. The Hall–Kier alpha value is -2.24. The summed E-state index contributed by atoms with van der Waals surface area (Å²) in [7, 11) is 0. The van der Waals surface area contributed by atoms with E-state index in [1.165, 1.54) is 0 Å². The third kappa shape index (κ3) is 4.65. The number of benzene rings is 1. The molecule has 0 spiro atoms. The third-order valence-corrected chi connectivity index (χ3v) is 3.98. The van der Waals surface area contributed by atoms with E-state index in [-0.39, 0.29) is 18.0 Å². The predicted octanol–water partition coefficient (Wildman–Crippen LogP) is 3.04. The van der Waals surface area contributed by atoms with Gasteiger partial charge in [-0.3, -0.25) is 4.79 Å². The largest absolute Gasteiger partial charge is 0.490 e. The van der Waals surface area contributed by atoms with Crippen molar-refractivity contribution in [2.24, 2.45) is 0 Å². The van der Waals surface area contributed by atoms with Gasteiger partial charge in [-0.15, -0.1) is 0 Å². The van der Waals surface area contributed by atoms with Gasteiger partial charge in [0.2, 0.25) is 0 Å². The van der Waals surface area contributed by atoms with Crippen molar-refractivity contribution >= 4 is 11.9 Å². The SMILES string of the molecule is CC(OC(=O)c1ccc2c(c1)OCCCO2)C(=O)N(C(C)C)C(C)C. The van der Waals surface area contributed by atoms with Gasteiger partial charge in [-0.25, -0.2) is 4.79 Å². The number of nitrogens with zero attached hydrogens (tertiary/aromatic N) is 1. The Morgan fingerprint density at radius 1 is 1.00 bits per heavy atom. The van der Waals surface area contributed by atoms with Gasteiger partial charge in [0, 0.05) is 18.5 Å². The normalized spacial score (nSPS) is 14.8. The molecular weight excluding hydrogens is 322 g/mol. The molecule has 1 aliphatic rings. The molecule has 1 aromatic rings. The minimum absolute atomic E-state index is 0.0340. The van der Waals surface area contributed by atoms with E-state index in [0.717, 1.165) is 6.42 Å². The Morgan fingerprint density at radius 2 is 1.60 bits per heavy atom. The van der Waals surface area contributed by atoms with Crippen LogP contribution in [0.4, 0.5) is 0 Å². The van der Waals surface area contributed by atoms with E-state index in [1.807, 2.05) is 27.7 Å². The molecule has 0 aliphatic carbocycles. The van der Waals surface area contributed by atoms with Gasteiger partial charge >= 0.3 is 5.97 Å². The molecule has 1 aliphatic heterocycles. The molecule has 1 amide bonds. The highest BCUT2D eigenvalue weighted by Crippen LogP contribution is 2.30. The monoisotopic (exact) mass is 349 g/mol. The summed E-state index contributed by atoms with van der Waals surface area (Å²) in [6.45, 7) is 10.5. The van der Waals surface area contributed by atoms with Crippen LogP contribution < -0.4 is 9.47 Å². The third-order valence-electron chi connectivity index (χ3n) is 3.98. The number of esters is 1. The Kier molecular flexibility index (Phi) is 6.28. The molecule has 0 radical (unpaired) electrons. The highest BCUT2D eigenvalue weighted by molar-refractivity contribution is 5.93. The van der Waals surface area contributed by atoms with Gasteiger partial charge < -0.3 is 19.1 Å². The fourth-order valence-corrected chi connectivity index (χ4v) is 2.88. The maximum absolute atomic E-state index is 12.6. The summed E-state index contributed by atoms with van der Waals surface area (Å²) in [5, 5.41) is 0. The zero-order chi connectivity index (χ0) is 18.6. The Labute approximate surface area is 149 Å². The molecule has 1 unspecified atom stereocenters.